The largest absolute Gasteiger partial charge is 0.0651 e. The Morgan fingerprint density at radius 3 is 2.09 bits per heavy atom. The molecule has 0 nitrogen and oxygen atoms in total. The summed E-state index contributed by atoms with van der Waals surface area (Å²) in [5.41, 5.74) is 1.32. The van der Waals surface area contributed by atoms with Crippen LogP contribution in [0.2, 0.25) is 0 Å². The van der Waals surface area contributed by atoms with Crippen LogP contribution in [0, 0.1) is 70.0 Å². The summed E-state index contributed by atoms with van der Waals surface area (Å²) >= 11 is 0. The first-order valence-electron chi connectivity index (χ1n) is 15.1. The quantitative estimate of drug-likeness (QED) is 0.368. The van der Waals surface area contributed by atoms with Crippen molar-refractivity contribution in [2.45, 2.75) is 132 Å². The summed E-state index contributed by atoms with van der Waals surface area (Å²) in [4.78, 5) is 0. The smallest absolute Gasteiger partial charge is 0.0264 e. The molecule has 4 aliphatic carbocycles. The lowest BCUT2D eigenvalue weighted by molar-refractivity contribution is -0.124. The van der Waals surface area contributed by atoms with Crippen molar-refractivity contribution >= 4 is 0 Å². The second kappa shape index (κ2) is 9.57. The molecule has 0 spiro atoms. The average Bonchev–Trinajstić information content (AvgIpc) is 3.13. The first-order chi connectivity index (χ1) is 15.1. The zero-order valence-electron chi connectivity index (χ0n) is 23.3. The molecule has 4 saturated carbocycles. The number of rotatable bonds is 7. The molecule has 0 N–H and O–H groups in total. The Bertz CT molecular complexity index is 620. The fraction of sp³-hybridized carbons (Fsp3) is 1.00. The Labute approximate surface area is 202 Å². The third-order valence-corrected chi connectivity index (χ3v) is 13.1. The van der Waals surface area contributed by atoms with E-state index in [9.17, 15) is 0 Å². The van der Waals surface area contributed by atoms with E-state index in [1.165, 1.54) is 32.1 Å². The summed E-state index contributed by atoms with van der Waals surface area (Å²) < 4.78 is 0. The first-order valence-corrected chi connectivity index (χ1v) is 15.1. The third kappa shape index (κ3) is 4.26. The van der Waals surface area contributed by atoms with Crippen LogP contribution in [-0.4, -0.2) is 0 Å². The monoisotopic (exact) mass is 442 g/mol. The molecule has 0 heteroatoms. The van der Waals surface area contributed by atoms with Gasteiger partial charge in [0.05, 0.1) is 0 Å². The van der Waals surface area contributed by atoms with Gasteiger partial charge in [-0.1, -0.05) is 74.7 Å². The van der Waals surface area contributed by atoms with Gasteiger partial charge in [-0.15, -0.1) is 0 Å². The summed E-state index contributed by atoms with van der Waals surface area (Å²) in [6.07, 6.45) is 18.3. The van der Waals surface area contributed by atoms with E-state index < -0.39 is 0 Å². The maximum absolute atomic E-state index is 2.77. The Morgan fingerprint density at radius 2 is 1.41 bits per heavy atom. The molecule has 0 aromatic carbocycles. The fourth-order valence-corrected chi connectivity index (χ4v) is 10.2. The van der Waals surface area contributed by atoms with Crippen LogP contribution in [0.15, 0.2) is 0 Å². The van der Waals surface area contributed by atoms with Gasteiger partial charge in [0, 0.05) is 0 Å². The van der Waals surface area contributed by atoms with E-state index in [0.717, 1.165) is 59.2 Å². The van der Waals surface area contributed by atoms with Gasteiger partial charge >= 0.3 is 0 Å². The topological polar surface area (TPSA) is 0 Å². The van der Waals surface area contributed by atoms with E-state index in [-0.39, 0.29) is 0 Å². The van der Waals surface area contributed by atoms with Gasteiger partial charge < -0.3 is 0 Å². The van der Waals surface area contributed by atoms with E-state index in [2.05, 4.69) is 55.4 Å². The van der Waals surface area contributed by atoms with Crippen molar-refractivity contribution in [1.29, 1.82) is 0 Å². The SMILES string of the molecule is CCC(C)C1CCC2(C)C(CCC3C2CCC2(C)C(C(C)CCC(C)C(C)C)CCC32)C1. The maximum Gasteiger partial charge on any atom is -0.0264 e. The van der Waals surface area contributed by atoms with E-state index in [0.29, 0.717) is 10.8 Å². The second-order valence-electron chi connectivity index (χ2n) is 14.6. The fourth-order valence-electron chi connectivity index (χ4n) is 10.2. The van der Waals surface area contributed by atoms with Crippen LogP contribution >= 0.6 is 0 Å². The van der Waals surface area contributed by atoms with Crippen LogP contribution in [0.1, 0.15) is 132 Å². The Morgan fingerprint density at radius 1 is 0.719 bits per heavy atom. The summed E-state index contributed by atoms with van der Waals surface area (Å²) in [5, 5.41) is 0. The molecular formula is C32H58. The summed E-state index contributed by atoms with van der Waals surface area (Å²) in [7, 11) is 0. The minimum atomic E-state index is 0.652. The van der Waals surface area contributed by atoms with Gasteiger partial charge in [-0.2, -0.15) is 0 Å². The predicted molar refractivity (Wildman–Crippen MR) is 141 cm³/mol. The van der Waals surface area contributed by atoms with Gasteiger partial charge in [-0.25, -0.2) is 0 Å². The van der Waals surface area contributed by atoms with Crippen molar-refractivity contribution in [2.75, 3.05) is 0 Å². The van der Waals surface area contributed by atoms with Gasteiger partial charge in [0.1, 0.15) is 0 Å². The van der Waals surface area contributed by atoms with Crippen molar-refractivity contribution in [2.24, 2.45) is 70.0 Å². The zero-order valence-corrected chi connectivity index (χ0v) is 23.3. The maximum atomic E-state index is 2.77. The minimum absolute atomic E-state index is 0.652. The molecule has 0 bridgehead atoms. The van der Waals surface area contributed by atoms with E-state index in [1.807, 2.05) is 0 Å². The van der Waals surface area contributed by atoms with Crippen LogP contribution in [0.4, 0.5) is 0 Å². The average molecular weight is 443 g/mol. The first kappa shape index (κ1) is 25.1. The van der Waals surface area contributed by atoms with Crippen LogP contribution in [0.25, 0.3) is 0 Å². The molecule has 4 aliphatic rings. The molecule has 11 atom stereocenters. The number of hydrogen-bond donors (Lipinski definition) is 0. The molecule has 186 valence electrons. The third-order valence-electron chi connectivity index (χ3n) is 13.1. The Kier molecular flexibility index (Phi) is 7.51. The van der Waals surface area contributed by atoms with Crippen molar-refractivity contribution < 1.29 is 0 Å². The summed E-state index contributed by atoms with van der Waals surface area (Å²) in [6, 6.07) is 0. The van der Waals surface area contributed by atoms with Gasteiger partial charge in [-0.05, 0) is 128 Å². The van der Waals surface area contributed by atoms with Gasteiger partial charge in [0.25, 0.3) is 0 Å². The second-order valence-corrected chi connectivity index (χ2v) is 14.6. The van der Waals surface area contributed by atoms with E-state index in [1.54, 1.807) is 44.9 Å². The molecule has 32 heavy (non-hydrogen) atoms. The van der Waals surface area contributed by atoms with Crippen LogP contribution in [-0.2, 0) is 0 Å². The highest BCUT2D eigenvalue weighted by atomic mass is 14.6. The standard InChI is InChI=1S/C32H58/c1-9-22(4)25-16-18-31(7)26(20-25)12-13-27-29-15-14-28(32(29,8)19-17-30(27)31)24(6)11-10-23(5)21(2)3/h21-30H,9-20H2,1-8H3. The molecule has 0 aromatic heterocycles. The van der Waals surface area contributed by atoms with Crippen LogP contribution in [0.3, 0.4) is 0 Å². The normalized spacial score (nSPS) is 46.8. The lowest BCUT2D eigenvalue weighted by atomic mass is 9.43. The molecule has 11 unspecified atom stereocenters. The lowest BCUT2D eigenvalue weighted by Gasteiger charge is -2.62. The lowest BCUT2D eigenvalue weighted by Crippen LogP contribution is -2.54. The number of hydrogen-bond acceptors (Lipinski definition) is 0. The molecule has 0 saturated heterocycles. The van der Waals surface area contributed by atoms with Crippen molar-refractivity contribution in [3.8, 4) is 0 Å². The van der Waals surface area contributed by atoms with Crippen molar-refractivity contribution in [1.82, 2.24) is 0 Å². The van der Waals surface area contributed by atoms with E-state index in [4.69, 9.17) is 0 Å². The molecule has 4 rings (SSSR count). The molecule has 4 fully saturated rings. The molecule has 0 aliphatic heterocycles. The Balaban J connectivity index is 1.44. The van der Waals surface area contributed by atoms with Gasteiger partial charge in [0.2, 0.25) is 0 Å². The van der Waals surface area contributed by atoms with Crippen molar-refractivity contribution in [3.63, 3.8) is 0 Å². The highest BCUT2D eigenvalue weighted by molar-refractivity contribution is 5.09. The summed E-state index contributed by atoms with van der Waals surface area (Å²) in [5.74, 6) is 9.82. The molecule has 0 radical (unpaired) electrons. The zero-order chi connectivity index (χ0) is 23.3. The summed E-state index contributed by atoms with van der Waals surface area (Å²) in [6.45, 7) is 20.4. The highest BCUT2D eigenvalue weighted by Gasteiger charge is 2.60. The predicted octanol–water partition coefficient (Wildman–Crippen LogP) is 10.0. The minimum Gasteiger partial charge on any atom is -0.0651 e. The number of fused-ring (bicyclic) bond motifs is 5. The highest BCUT2D eigenvalue weighted by Crippen LogP contribution is 2.69. The van der Waals surface area contributed by atoms with Crippen LogP contribution < -0.4 is 0 Å². The molecular weight excluding hydrogens is 384 g/mol. The molecule has 0 aromatic rings. The Hall–Kier alpha value is 0. The van der Waals surface area contributed by atoms with Crippen LogP contribution in [0.5, 0.6) is 0 Å². The molecule has 0 heterocycles. The van der Waals surface area contributed by atoms with Gasteiger partial charge in [-0.3, -0.25) is 0 Å². The van der Waals surface area contributed by atoms with Gasteiger partial charge in [0.15, 0.2) is 0 Å². The molecule has 0 amide bonds. The van der Waals surface area contributed by atoms with Crippen molar-refractivity contribution in [3.05, 3.63) is 0 Å². The van der Waals surface area contributed by atoms with E-state index >= 15 is 0 Å².